The maximum Gasteiger partial charge on any atom is 2.00 e. The Kier molecular flexibility index (Phi) is 10.4. The molecule has 0 spiro atoms. The van der Waals surface area contributed by atoms with Crippen molar-refractivity contribution in [1.29, 1.82) is 0 Å². The number of nitrogens with zero attached hydrogens (tertiary/aromatic N) is 1. The first-order valence-corrected chi connectivity index (χ1v) is 4.58. The molecular weight excluding hydrogens is 274 g/mol. The molecule has 0 aliphatic carbocycles. The minimum absolute atomic E-state index is 0. The second-order valence-electron chi connectivity index (χ2n) is 3.30. The molecule has 0 atom stereocenters. The van der Waals surface area contributed by atoms with Crippen LogP contribution in [0.25, 0.3) is 0 Å². The number of likely N-dealkylation sites (N-methyl/N-ethyl adjacent to an activating group) is 1. The summed E-state index contributed by atoms with van der Waals surface area (Å²) in [6, 6.07) is 8.30. The summed E-state index contributed by atoms with van der Waals surface area (Å²) < 4.78 is 0. The van der Waals surface area contributed by atoms with Gasteiger partial charge in [-0.2, -0.15) is 0 Å². The molecule has 6 heteroatoms. The Morgan fingerprint density at radius 2 is 1.59 bits per heavy atom. The monoisotopic (exact) mass is 288 g/mol. The minimum Gasteiger partial charge on any atom is -0.480 e. The number of benzene rings is 1. The summed E-state index contributed by atoms with van der Waals surface area (Å²) in [5, 5.41) is 16.4. The Balaban J connectivity index is 0. The molecule has 97 valence electrons. The number of aliphatic carboxylic acids is 1. The molecule has 0 saturated carbocycles. The molecule has 1 aromatic rings. The van der Waals surface area contributed by atoms with E-state index < -0.39 is 11.9 Å². The fourth-order valence-electron chi connectivity index (χ4n) is 0.851. The summed E-state index contributed by atoms with van der Waals surface area (Å²) in [5.41, 5.74) is 0.331. The van der Waals surface area contributed by atoms with Gasteiger partial charge in [0.15, 0.2) is 0 Å². The van der Waals surface area contributed by atoms with Crippen molar-refractivity contribution in [1.82, 2.24) is 4.90 Å². The maximum atomic E-state index is 10.2. The summed E-state index contributed by atoms with van der Waals surface area (Å²) in [4.78, 5) is 21.6. The van der Waals surface area contributed by atoms with Crippen LogP contribution < -0.4 is 0 Å². The Hall–Kier alpha value is -1.36. The molecule has 0 unspecified atom stereocenters. The molecule has 0 fully saturated rings. The van der Waals surface area contributed by atoms with E-state index in [1.807, 2.05) is 0 Å². The quantitative estimate of drug-likeness (QED) is 0.812. The van der Waals surface area contributed by atoms with Crippen LogP contribution in [0.3, 0.4) is 0 Å². The van der Waals surface area contributed by atoms with E-state index in [0.717, 1.165) is 0 Å². The van der Waals surface area contributed by atoms with Crippen LogP contribution in [-0.4, -0.2) is 47.7 Å². The molecule has 0 aliphatic rings. The summed E-state index contributed by atoms with van der Waals surface area (Å²) in [6.45, 7) is 0.111. The van der Waals surface area contributed by atoms with Gasteiger partial charge < -0.3 is 10.2 Å². The van der Waals surface area contributed by atoms with Crippen LogP contribution in [0.15, 0.2) is 30.3 Å². The van der Waals surface area contributed by atoms with Gasteiger partial charge in [-0.25, -0.2) is 4.79 Å². The molecule has 5 nitrogen and oxygen atoms in total. The first kappa shape index (κ1) is 18.0. The van der Waals surface area contributed by atoms with Crippen molar-refractivity contribution in [2.75, 3.05) is 20.6 Å². The zero-order valence-electron chi connectivity index (χ0n) is 9.55. The van der Waals surface area contributed by atoms with Gasteiger partial charge in [-0.05, 0) is 26.2 Å². The van der Waals surface area contributed by atoms with Gasteiger partial charge in [-0.1, -0.05) is 18.2 Å². The van der Waals surface area contributed by atoms with Gasteiger partial charge in [0, 0.05) is 0 Å². The number of aromatic carboxylic acids is 1. The van der Waals surface area contributed by atoms with E-state index >= 15 is 0 Å². The molecule has 0 aromatic heterocycles. The molecule has 0 saturated heterocycles. The Labute approximate surface area is 111 Å². The number of rotatable bonds is 3. The third-order valence-corrected chi connectivity index (χ3v) is 1.47. The number of carbonyl (C=O) groups is 2. The molecular formula is C11H15CuNO4+2. The minimum atomic E-state index is -0.879. The van der Waals surface area contributed by atoms with Crippen LogP contribution >= 0.6 is 0 Å². The largest absolute Gasteiger partial charge is 2.00 e. The smallest absolute Gasteiger partial charge is 0.480 e. The molecule has 1 aromatic carbocycles. The average molecular weight is 289 g/mol. The second kappa shape index (κ2) is 9.84. The zero-order chi connectivity index (χ0) is 12.6. The number of hydrogen-bond donors (Lipinski definition) is 2. The van der Waals surface area contributed by atoms with Gasteiger partial charge in [-0.3, -0.25) is 9.69 Å². The molecule has 17 heavy (non-hydrogen) atoms. The number of hydrogen-bond acceptors (Lipinski definition) is 3. The van der Waals surface area contributed by atoms with Gasteiger partial charge in [-0.15, -0.1) is 0 Å². The van der Waals surface area contributed by atoms with Crippen molar-refractivity contribution in [3.05, 3.63) is 35.9 Å². The normalized spacial score (nSPS) is 8.65. The van der Waals surface area contributed by atoms with Crippen LogP contribution in [0.1, 0.15) is 10.4 Å². The summed E-state index contributed by atoms with van der Waals surface area (Å²) in [7, 11) is 3.43. The Morgan fingerprint density at radius 1 is 1.12 bits per heavy atom. The van der Waals surface area contributed by atoms with Crippen LogP contribution in [0.5, 0.6) is 0 Å². The molecule has 0 bridgehead atoms. The Morgan fingerprint density at radius 3 is 1.76 bits per heavy atom. The summed E-state index contributed by atoms with van der Waals surface area (Å²) >= 11 is 0. The van der Waals surface area contributed by atoms with Gasteiger partial charge in [0.25, 0.3) is 0 Å². The van der Waals surface area contributed by atoms with E-state index in [2.05, 4.69) is 0 Å². The van der Waals surface area contributed by atoms with Gasteiger partial charge in [0.1, 0.15) is 0 Å². The van der Waals surface area contributed by atoms with Crippen molar-refractivity contribution in [2.45, 2.75) is 0 Å². The zero-order valence-corrected chi connectivity index (χ0v) is 10.5. The third kappa shape index (κ3) is 10.9. The second-order valence-corrected chi connectivity index (χ2v) is 3.30. The third-order valence-electron chi connectivity index (χ3n) is 1.47. The predicted octanol–water partition coefficient (Wildman–Crippen LogP) is 1.01. The van der Waals surface area contributed by atoms with Crippen molar-refractivity contribution in [3.63, 3.8) is 0 Å². The van der Waals surface area contributed by atoms with Gasteiger partial charge >= 0.3 is 29.0 Å². The molecule has 0 heterocycles. The van der Waals surface area contributed by atoms with Crippen LogP contribution in [0.4, 0.5) is 0 Å². The summed E-state index contributed by atoms with van der Waals surface area (Å²) in [5.74, 6) is -1.67. The SMILES string of the molecule is CN(C)CC(=O)O.O=C(O)c1ccccc1.[Cu+2]. The van der Waals surface area contributed by atoms with Crippen LogP contribution in [-0.2, 0) is 21.9 Å². The van der Waals surface area contributed by atoms with Gasteiger partial charge in [0.2, 0.25) is 0 Å². The Bertz CT molecular complexity index is 341. The van der Waals surface area contributed by atoms with E-state index in [9.17, 15) is 9.59 Å². The molecule has 1 rings (SSSR count). The topological polar surface area (TPSA) is 77.8 Å². The fraction of sp³-hybridized carbons (Fsp3) is 0.273. The molecule has 0 aliphatic heterocycles. The maximum absolute atomic E-state index is 10.2. The van der Waals surface area contributed by atoms with Crippen LogP contribution in [0.2, 0.25) is 0 Å². The summed E-state index contributed by atoms with van der Waals surface area (Å²) in [6.07, 6.45) is 0. The van der Waals surface area contributed by atoms with Crippen LogP contribution in [0, 0.1) is 0 Å². The van der Waals surface area contributed by atoms with Crippen molar-refractivity contribution in [2.24, 2.45) is 0 Å². The average Bonchev–Trinajstić information content (AvgIpc) is 2.17. The van der Waals surface area contributed by atoms with E-state index in [0.29, 0.717) is 5.56 Å². The van der Waals surface area contributed by atoms with Crippen molar-refractivity contribution < 1.29 is 36.9 Å². The standard InChI is InChI=1S/C7H6O2.C4H9NO2.Cu/c8-7(9)6-4-2-1-3-5-6;1-5(2)3-4(6)7;/h1-5H,(H,8,9);3H2,1-2H3,(H,6,7);/q;;+2. The van der Waals surface area contributed by atoms with E-state index in [1.54, 1.807) is 49.3 Å². The van der Waals surface area contributed by atoms with E-state index in [-0.39, 0.29) is 23.6 Å². The van der Waals surface area contributed by atoms with Crippen molar-refractivity contribution in [3.8, 4) is 0 Å². The number of carboxylic acids is 2. The van der Waals surface area contributed by atoms with E-state index in [4.69, 9.17) is 10.2 Å². The van der Waals surface area contributed by atoms with E-state index in [1.165, 1.54) is 0 Å². The molecule has 1 radical (unpaired) electrons. The number of carboxylic acid groups (broad SMARTS) is 2. The predicted molar refractivity (Wildman–Crippen MR) is 59.6 cm³/mol. The first-order chi connectivity index (χ1) is 7.43. The van der Waals surface area contributed by atoms with Gasteiger partial charge in [0.05, 0.1) is 12.1 Å². The van der Waals surface area contributed by atoms with Crippen molar-refractivity contribution >= 4 is 11.9 Å². The fourth-order valence-corrected chi connectivity index (χ4v) is 0.851. The molecule has 2 N–H and O–H groups in total. The first-order valence-electron chi connectivity index (χ1n) is 4.58. The molecule has 0 amide bonds.